The Morgan fingerprint density at radius 3 is 2.39 bits per heavy atom. The van der Waals surface area contributed by atoms with E-state index in [1.165, 1.54) is 0 Å². The minimum atomic E-state index is -0.135. The molecular weight excluding hydrogens is 492 g/mol. The normalized spacial score (nSPS) is 17.2. The fraction of sp³-hybridized carbons (Fsp3) is 0.258. The Hall–Kier alpha value is -3.84. The van der Waals surface area contributed by atoms with Crippen LogP contribution in [0, 0.1) is 13.8 Å². The number of nitrogens with one attached hydrogen (secondary N) is 1. The summed E-state index contributed by atoms with van der Waals surface area (Å²) in [7, 11) is 0. The number of carbonyl (C=O) groups excluding carboxylic acids is 2. The van der Waals surface area contributed by atoms with Crippen LogP contribution in [0.2, 0.25) is 0 Å². The first kappa shape index (κ1) is 24.5. The van der Waals surface area contributed by atoms with Crippen LogP contribution in [0.3, 0.4) is 0 Å². The zero-order valence-corrected chi connectivity index (χ0v) is 22.4. The van der Waals surface area contributed by atoms with Crippen molar-refractivity contribution in [3.63, 3.8) is 0 Å². The van der Waals surface area contributed by atoms with Crippen LogP contribution in [0.25, 0.3) is 16.9 Å². The van der Waals surface area contributed by atoms with Crippen molar-refractivity contribution >= 4 is 29.4 Å². The van der Waals surface area contributed by atoms with Crippen molar-refractivity contribution in [2.24, 2.45) is 0 Å². The number of fused-ring (bicyclic) bond motifs is 1. The Morgan fingerprint density at radius 1 is 0.974 bits per heavy atom. The molecule has 2 aliphatic rings. The Labute approximate surface area is 227 Å². The summed E-state index contributed by atoms with van der Waals surface area (Å²) in [5, 5.41) is 8.09. The smallest absolute Gasteiger partial charge is 0.240 e. The van der Waals surface area contributed by atoms with Crippen LogP contribution in [0.5, 0.6) is 0 Å². The number of amides is 2. The molecule has 0 saturated heterocycles. The van der Waals surface area contributed by atoms with E-state index in [1.54, 1.807) is 16.7 Å². The molecule has 0 radical (unpaired) electrons. The molecule has 192 valence electrons. The summed E-state index contributed by atoms with van der Waals surface area (Å²) < 4.78 is 1.86. The van der Waals surface area contributed by atoms with Gasteiger partial charge in [0.25, 0.3) is 0 Å². The van der Waals surface area contributed by atoms with E-state index in [-0.39, 0.29) is 35.4 Å². The van der Waals surface area contributed by atoms with Crippen molar-refractivity contribution < 1.29 is 9.59 Å². The molecular formula is C31H30N4O2S. The Kier molecular flexibility index (Phi) is 6.54. The van der Waals surface area contributed by atoms with Gasteiger partial charge in [0, 0.05) is 17.2 Å². The summed E-state index contributed by atoms with van der Waals surface area (Å²) in [6.45, 7) is 4.12. The van der Waals surface area contributed by atoms with Crippen LogP contribution in [0.4, 0.5) is 5.82 Å². The number of hydrogen-bond acceptors (Lipinski definition) is 4. The monoisotopic (exact) mass is 522 g/mol. The predicted molar refractivity (Wildman–Crippen MR) is 153 cm³/mol. The van der Waals surface area contributed by atoms with E-state index in [9.17, 15) is 9.59 Å². The molecule has 38 heavy (non-hydrogen) atoms. The van der Waals surface area contributed by atoms with Gasteiger partial charge in [-0.25, -0.2) is 4.68 Å². The fourth-order valence-electron chi connectivity index (χ4n) is 4.97. The SMILES string of the molecule is Cc1ccc(-n2nc(-c3ccccc3)c3c2N(CC(=O)NC2CC2)C(=O)CS[C@H]3c2ccccc2C)cc1. The third-order valence-corrected chi connectivity index (χ3v) is 8.37. The van der Waals surface area contributed by atoms with Crippen LogP contribution in [0.15, 0.2) is 78.9 Å². The highest BCUT2D eigenvalue weighted by molar-refractivity contribution is 8.00. The van der Waals surface area contributed by atoms with Gasteiger partial charge in [0.15, 0.2) is 0 Å². The summed E-state index contributed by atoms with van der Waals surface area (Å²) in [5.41, 5.74) is 7.06. The van der Waals surface area contributed by atoms with E-state index in [4.69, 9.17) is 5.10 Å². The summed E-state index contributed by atoms with van der Waals surface area (Å²) in [4.78, 5) is 28.5. The summed E-state index contributed by atoms with van der Waals surface area (Å²) in [5.74, 6) is 0.712. The first-order chi connectivity index (χ1) is 18.5. The highest BCUT2D eigenvalue weighted by Gasteiger charge is 2.38. The van der Waals surface area contributed by atoms with E-state index in [2.05, 4.69) is 36.5 Å². The lowest BCUT2D eigenvalue weighted by Crippen LogP contribution is -2.43. The molecule has 0 unspecified atom stereocenters. The van der Waals surface area contributed by atoms with Gasteiger partial charge in [0.1, 0.15) is 12.4 Å². The molecule has 7 heteroatoms. The van der Waals surface area contributed by atoms with Gasteiger partial charge in [-0.2, -0.15) is 5.10 Å². The maximum absolute atomic E-state index is 13.7. The van der Waals surface area contributed by atoms with Crippen LogP contribution >= 0.6 is 11.8 Å². The average molecular weight is 523 g/mol. The van der Waals surface area contributed by atoms with E-state index in [1.807, 2.05) is 66.2 Å². The van der Waals surface area contributed by atoms with Gasteiger partial charge in [0.05, 0.1) is 22.4 Å². The largest absolute Gasteiger partial charge is 0.352 e. The van der Waals surface area contributed by atoms with Crippen molar-refractivity contribution in [2.45, 2.75) is 38.0 Å². The summed E-state index contributed by atoms with van der Waals surface area (Å²) in [6.07, 6.45) is 1.99. The second-order valence-corrected chi connectivity index (χ2v) is 11.2. The minimum Gasteiger partial charge on any atom is -0.352 e. The van der Waals surface area contributed by atoms with Crippen molar-refractivity contribution in [2.75, 3.05) is 17.2 Å². The van der Waals surface area contributed by atoms with Crippen molar-refractivity contribution in [1.29, 1.82) is 0 Å². The molecule has 1 fully saturated rings. The lowest BCUT2D eigenvalue weighted by molar-refractivity contribution is -0.123. The zero-order chi connectivity index (χ0) is 26.2. The van der Waals surface area contributed by atoms with Crippen LogP contribution in [-0.2, 0) is 9.59 Å². The molecule has 6 rings (SSSR count). The van der Waals surface area contributed by atoms with E-state index >= 15 is 0 Å². The first-order valence-electron chi connectivity index (χ1n) is 13.0. The average Bonchev–Trinajstić information content (AvgIpc) is 3.68. The zero-order valence-electron chi connectivity index (χ0n) is 21.6. The molecule has 1 aliphatic heterocycles. The molecule has 4 aromatic rings. The van der Waals surface area contributed by atoms with Gasteiger partial charge in [-0.15, -0.1) is 11.8 Å². The number of hydrogen-bond donors (Lipinski definition) is 1. The Bertz CT molecular complexity index is 1490. The predicted octanol–water partition coefficient (Wildman–Crippen LogP) is 5.60. The van der Waals surface area contributed by atoms with Gasteiger partial charge in [0.2, 0.25) is 11.8 Å². The van der Waals surface area contributed by atoms with Crippen molar-refractivity contribution in [3.05, 3.63) is 101 Å². The van der Waals surface area contributed by atoms with Crippen LogP contribution < -0.4 is 10.2 Å². The van der Waals surface area contributed by atoms with Gasteiger partial charge in [-0.05, 0) is 49.9 Å². The van der Waals surface area contributed by atoms with Crippen molar-refractivity contribution in [1.82, 2.24) is 15.1 Å². The number of anilines is 1. The number of thioether (sulfide) groups is 1. The number of aryl methyl sites for hydroxylation is 2. The maximum Gasteiger partial charge on any atom is 0.240 e. The second kappa shape index (κ2) is 10.1. The molecule has 0 bridgehead atoms. The third-order valence-electron chi connectivity index (χ3n) is 7.13. The van der Waals surface area contributed by atoms with Crippen LogP contribution in [-0.4, -0.2) is 39.9 Å². The topological polar surface area (TPSA) is 67.2 Å². The van der Waals surface area contributed by atoms with Gasteiger partial charge >= 0.3 is 0 Å². The van der Waals surface area contributed by atoms with Crippen molar-refractivity contribution in [3.8, 4) is 16.9 Å². The number of aromatic nitrogens is 2. The molecule has 2 heterocycles. The fourth-order valence-corrected chi connectivity index (χ4v) is 6.26. The summed E-state index contributed by atoms with van der Waals surface area (Å²) in [6, 6.07) is 26.8. The second-order valence-electron chi connectivity index (χ2n) is 10.1. The molecule has 1 aliphatic carbocycles. The van der Waals surface area contributed by atoms with E-state index in [0.29, 0.717) is 5.82 Å². The molecule has 1 aromatic heterocycles. The standard InChI is InChI=1S/C31H30N4O2S/c1-20-12-16-24(17-13-20)35-31-28(29(33-35)22-9-4-3-5-10-22)30(25-11-7-6-8-21(25)2)38-19-27(37)34(31)18-26(36)32-23-14-15-23/h3-13,16-17,23,30H,14-15,18-19H2,1-2H3,(H,32,36)/t30-/m0/s1. The highest BCUT2D eigenvalue weighted by Crippen LogP contribution is 2.49. The number of nitrogens with zero attached hydrogens (tertiary/aromatic N) is 3. The first-order valence-corrected chi connectivity index (χ1v) is 14.1. The number of benzene rings is 3. The van der Waals surface area contributed by atoms with Gasteiger partial charge in [-0.1, -0.05) is 72.3 Å². The van der Waals surface area contributed by atoms with Gasteiger partial charge in [-0.3, -0.25) is 14.5 Å². The Morgan fingerprint density at radius 2 is 1.68 bits per heavy atom. The molecule has 1 N–H and O–H groups in total. The molecule has 6 nitrogen and oxygen atoms in total. The molecule has 1 saturated carbocycles. The third kappa shape index (κ3) is 4.74. The molecule has 3 aromatic carbocycles. The van der Waals surface area contributed by atoms with Gasteiger partial charge < -0.3 is 5.32 Å². The Balaban J connectivity index is 1.61. The van der Waals surface area contributed by atoms with E-state index < -0.39 is 0 Å². The quantitative estimate of drug-likeness (QED) is 0.358. The van der Waals surface area contributed by atoms with E-state index in [0.717, 1.165) is 52.0 Å². The lowest BCUT2D eigenvalue weighted by atomic mass is 9.97. The molecule has 1 atom stereocenters. The minimum absolute atomic E-state index is 0.0326. The number of rotatable bonds is 6. The molecule has 2 amide bonds. The number of carbonyl (C=O) groups is 2. The highest BCUT2D eigenvalue weighted by atomic mass is 32.2. The summed E-state index contributed by atoms with van der Waals surface area (Å²) >= 11 is 1.60. The lowest BCUT2D eigenvalue weighted by Gasteiger charge is -2.23. The van der Waals surface area contributed by atoms with Crippen LogP contribution in [0.1, 0.15) is 40.3 Å². The molecule has 0 spiro atoms. The maximum atomic E-state index is 13.7.